The molecule has 0 saturated heterocycles. The molecule has 72 valence electrons. The van der Waals surface area contributed by atoms with E-state index in [4.69, 9.17) is 4.74 Å². The fourth-order valence-corrected chi connectivity index (χ4v) is 1.47. The highest BCUT2D eigenvalue weighted by molar-refractivity contribution is 5.65. The van der Waals surface area contributed by atoms with Gasteiger partial charge in [0.05, 0.1) is 17.9 Å². The molecule has 0 saturated carbocycles. The molecule has 0 bridgehead atoms. The Hall–Kier alpha value is -1.80. The van der Waals surface area contributed by atoms with E-state index < -0.39 is 0 Å². The van der Waals surface area contributed by atoms with Gasteiger partial charge in [0.2, 0.25) is 6.08 Å². The van der Waals surface area contributed by atoms with Crippen LogP contribution in [0.15, 0.2) is 23.2 Å². The summed E-state index contributed by atoms with van der Waals surface area (Å²) in [7, 11) is 2.00. The predicted octanol–water partition coefficient (Wildman–Crippen LogP) is 1.48. The minimum absolute atomic E-state index is 0.578. The number of likely N-dealkylation sites (N-methyl/N-ethyl adjacent to an activating group) is 1. The van der Waals surface area contributed by atoms with Crippen molar-refractivity contribution in [2.24, 2.45) is 4.99 Å². The first-order chi connectivity index (χ1) is 6.81. The molecule has 0 unspecified atom stereocenters. The summed E-state index contributed by atoms with van der Waals surface area (Å²) in [5.74, 6) is 0.773. The third-order valence-corrected chi connectivity index (χ3v) is 2.21. The standard InChI is InChI=1S/C10H10N2O2/c1-12-4-5-14-10-6-8(11-7-13)2-3-9(10)12/h2-3,6H,4-5H2,1H3. The maximum atomic E-state index is 10.1. The van der Waals surface area contributed by atoms with E-state index in [1.807, 2.05) is 13.1 Å². The number of hydrogen-bond donors (Lipinski definition) is 0. The number of carbonyl (C=O) groups excluding carboxylic acids is 1. The van der Waals surface area contributed by atoms with Crippen LogP contribution in [-0.4, -0.2) is 26.3 Å². The highest BCUT2D eigenvalue weighted by Crippen LogP contribution is 2.33. The van der Waals surface area contributed by atoms with Gasteiger partial charge < -0.3 is 9.64 Å². The van der Waals surface area contributed by atoms with Gasteiger partial charge in [0, 0.05) is 13.1 Å². The zero-order valence-electron chi connectivity index (χ0n) is 7.86. The minimum atomic E-state index is 0.578. The molecule has 0 atom stereocenters. The number of fused-ring (bicyclic) bond motifs is 1. The minimum Gasteiger partial charge on any atom is -0.489 e. The van der Waals surface area contributed by atoms with Crippen molar-refractivity contribution in [3.8, 4) is 5.75 Å². The van der Waals surface area contributed by atoms with Crippen molar-refractivity contribution in [2.45, 2.75) is 0 Å². The van der Waals surface area contributed by atoms with E-state index in [9.17, 15) is 4.79 Å². The van der Waals surface area contributed by atoms with Crippen LogP contribution in [0.4, 0.5) is 11.4 Å². The monoisotopic (exact) mass is 190 g/mol. The summed E-state index contributed by atoms with van der Waals surface area (Å²) in [4.78, 5) is 15.7. The van der Waals surface area contributed by atoms with E-state index in [0.29, 0.717) is 12.3 Å². The van der Waals surface area contributed by atoms with E-state index in [2.05, 4.69) is 9.89 Å². The molecule has 0 fully saturated rings. The second-order valence-corrected chi connectivity index (χ2v) is 3.13. The van der Waals surface area contributed by atoms with Gasteiger partial charge in [0.1, 0.15) is 12.4 Å². The molecule has 0 radical (unpaired) electrons. The van der Waals surface area contributed by atoms with Gasteiger partial charge in [-0.1, -0.05) is 0 Å². The molecule has 1 aromatic carbocycles. The van der Waals surface area contributed by atoms with Crippen LogP contribution in [-0.2, 0) is 4.79 Å². The summed E-state index contributed by atoms with van der Waals surface area (Å²) in [5, 5.41) is 0. The highest BCUT2D eigenvalue weighted by atomic mass is 16.5. The molecule has 0 aliphatic carbocycles. The van der Waals surface area contributed by atoms with Crippen LogP contribution in [0, 0.1) is 0 Å². The fourth-order valence-electron chi connectivity index (χ4n) is 1.47. The molecule has 1 heterocycles. The lowest BCUT2D eigenvalue weighted by atomic mass is 10.2. The Bertz CT molecular complexity index is 397. The van der Waals surface area contributed by atoms with Crippen molar-refractivity contribution in [3.63, 3.8) is 0 Å². The molecule has 1 aliphatic rings. The molecule has 14 heavy (non-hydrogen) atoms. The molecule has 0 spiro atoms. The van der Waals surface area contributed by atoms with Crippen LogP contribution in [0.1, 0.15) is 0 Å². The van der Waals surface area contributed by atoms with Crippen LogP contribution in [0.3, 0.4) is 0 Å². The van der Waals surface area contributed by atoms with Crippen molar-refractivity contribution in [1.82, 2.24) is 0 Å². The maximum absolute atomic E-state index is 10.1. The first kappa shape index (κ1) is 8.78. The average molecular weight is 190 g/mol. The van der Waals surface area contributed by atoms with Crippen molar-refractivity contribution in [2.75, 3.05) is 25.1 Å². The number of anilines is 1. The molecule has 0 N–H and O–H groups in total. The molecular formula is C10H10N2O2. The van der Waals surface area contributed by atoms with Gasteiger partial charge >= 0.3 is 0 Å². The third kappa shape index (κ3) is 1.47. The van der Waals surface area contributed by atoms with Gasteiger partial charge in [0.15, 0.2) is 0 Å². The summed E-state index contributed by atoms with van der Waals surface area (Å²) in [6, 6.07) is 5.41. The first-order valence-corrected chi connectivity index (χ1v) is 4.37. The number of benzene rings is 1. The predicted molar refractivity (Wildman–Crippen MR) is 53.0 cm³/mol. The Morgan fingerprint density at radius 3 is 3.21 bits per heavy atom. The third-order valence-electron chi connectivity index (χ3n) is 2.21. The number of hydrogen-bond acceptors (Lipinski definition) is 4. The lowest BCUT2D eigenvalue weighted by Gasteiger charge is -2.27. The molecule has 1 aliphatic heterocycles. The number of nitrogens with zero attached hydrogens (tertiary/aromatic N) is 2. The molecule has 4 nitrogen and oxygen atoms in total. The Morgan fingerprint density at radius 2 is 2.43 bits per heavy atom. The molecule has 0 aromatic heterocycles. The number of ether oxygens (including phenoxy) is 1. The van der Waals surface area contributed by atoms with E-state index >= 15 is 0 Å². The van der Waals surface area contributed by atoms with Gasteiger partial charge in [-0.3, -0.25) is 0 Å². The highest BCUT2D eigenvalue weighted by Gasteiger charge is 2.14. The Morgan fingerprint density at radius 1 is 1.57 bits per heavy atom. The quantitative estimate of drug-likeness (QED) is 0.497. The number of aliphatic imine (C=N–C) groups is 1. The SMILES string of the molecule is CN1CCOc2cc(N=C=O)ccc21. The van der Waals surface area contributed by atoms with Crippen LogP contribution < -0.4 is 9.64 Å². The van der Waals surface area contributed by atoms with Gasteiger partial charge in [-0.2, -0.15) is 4.99 Å². The molecule has 4 heteroatoms. The second-order valence-electron chi connectivity index (χ2n) is 3.13. The van der Waals surface area contributed by atoms with Crippen molar-refractivity contribution in [3.05, 3.63) is 18.2 Å². The Labute approximate surface area is 81.8 Å². The zero-order valence-corrected chi connectivity index (χ0v) is 7.86. The Balaban J connectivity index is 2.43. The summed E-state index contributed by atoms with van der Waals surface area (Å²) in [6.07, 6.45) is 1.51. The topological polar surface area (TPSA) is 41.9 Å². The van der Waals surface area contributed by atoms with Crippen LogP contribution in [0.25, 0.3) is 0 Å². The fraction of sp³-hybridized carbons (Fsp3) is 0.300. The number of isocyanates is 1. The van der Waals surface area contributed by atoms with Crippen molar-refractivity contribution < 1.29 is 9.53 Å². The van der Waals surface area contributed by atoms with Gasteiger partial charge in [-0.05, 0) is 12.1 Å². The lowest BCUT2D eigenvalue weighted by molar-refractivity contribution is 0.311. The smallest absolute Gasteiger partial charge is 0.240 e. The van der Waals surface area contributed by atoms with Crippen LogP contribution in [0.2, 0.25) is 0 Å². The van der Waals surface area contributed by atoms with Gasteiger partial charge in [-0.15, -0.1) is 0 Å². The average Bonchev–Trinajstić information content (AvgIpc) is 2.18. The molecule has 1 aromatic rings. The lowest BCUT2D eigenvalue weighted by Crippen LogP contribution is -2.28. The maximum Gasteiger partial charge on any atom is 0.240 e. The molecular weight excluding hydrogens is 180 g/mol. The second kappa shape index (κ2) is 3.52. The van der Waals surface area contributed by atoms with Gasteiger partial charge in [0.25, 0.3) is 0 Å². The van der Waals surface area contributed by atoms with E-state index in [0.717, 1.165) is 18.0 Å². The van der Waals surface area contributed by atoms with Gasteiger partial charge in [-0.25, -0.2) is 4.79 Å². The van der Waals surface area contributed by atoms with Crippen LogP contribution >= 0.6 is 0 Å². The summed E-state index contributed by atoms with van der Waals surface area (Å²) < 4.78 is 5.45. The zero-order chi connectivity index (χ0) is 9.97. The number of rotatable bonds is 1. The molecule has 2 rings (SSSR count). The first-order valence-electron chi connectivity index (χ1n) is 4.37. The Kier molecular flexibility index (Phi) is 2.21. The van der Waals surface area contributed by atoms with E-state index in [1.54, 1.807) is 12.1 Å². The van der Waals surface area contributed by atoms with Crippen molar-refractivity contribution >= 4 is 17.5 Å². The van der Waals surface area contributed by atoms with Crippen molar-refractivity contribution in [1.29, 1.82) is 0 Å². The van der Waals surface area contributed by atoms with E-state index in [1.165, 1.54) is 6.08 Å². The summed E-state index contributed by atoms with van der Waals surface area (Å²) in [6.45, 7) is 1.54. The van der Waals surface area contributed by atoms with Crippen LogP contribution in [0.5, 0.6) is 5.75 Å². The molecule has 0 amide bonds. The largest absolute Gasteiger partial charge is 0.489 e. The van der Waals surface area contributed by atoms with E-state index in [-0.39, 0.29) is 0 Å². The summed E-state index contributed by atoms with van der Waals surface area (Å²) in [5.41, 5.74) is 1.61. The normalized spacial score (nSPS) is 13.9. The summed E-state index contributed by atoms with van der Waals surface area (Å²) >= 11 is 0.